The third-order valence-electron chi connectivity index (χ3n) is 4.30. The highest BCUT2D eigenvalue weighted by Crippen LogP contribution is 2.30. The minimum atomic E-state index is -0.594. The minimum absolute atomic E-state index is 0.0473. The molecule has 0 aliphatic heterocycles. The van der Waals surface area contributed by atoms with Crippen molar-refractivity contribution >= 4 is 44.7 Å². The molecule has 0 bridgehead atoms. The Morgan fingerprint density at radius 1 is 1.29 bits per heavy atom. The SMILES string of the molecule is CCOc1cc(/C=C(/C#N)C(=O)Nc2nncs2)ccc1OCc1cc(=O)n2nc(C)sc2n1. The standard InChI is InChI=1S/C21H17N7O4S2/c1-3-31-17-7-13(6-14(9-22)19(30)25-20-26-23-11-33-20)4-5-16(17)32-10-15-8-18(29)28-21(24-15)34-12(2)27-28/h4-8,11H,3,10H2,1-2H3,(H,25,26,30)/b14-6-. The predicted molar refractivity (Wildman–Crippen MR) is 126 cm³/mol. The van der Waals surface area contributed by atoms with Gasteiger partial charge >= 0.3 is 0 Å². The van der Waals surface area contributed by atoms with Crippen LogP contribution in [0.1, 0.15) is 23.2 Å². The van der Waals surface area contributed by atoms with Gasteiger partial charge in [0.25, 0.3) is 11.5 Å². The molecule has 13 heteroatoms. The highest BCUT2D eigenvalue weighted by molar-refractivity contribution is 7.16. The Morgan fingerprint density at radius 3 is 2.88 bits per heavy atom. The molecule has 0 aliphatic carbocycles. The zero-order valence-electron chi connectivity index (χ0n) is 18.0. The molecule has 1 aromatic carbocycles. The Kier molecular flexibility index (Phi) is 6.90. The highest BCUT2D eigenvalue weighted by atomic mass is 32.1. The molecule has 3 heterocycles. The summed E-state index contributed by atoms with van der Waals surface area (Å²) in [4.78, 5) is 29.5. The van der Waals surface area contributed by atoms with E-state index in [2.05, 4.69) is 25.6 Å². The molecule has 172 valence electrons. The molecule has 4 aromatic rings. The first-order valence-electron chi connectivity index (χ1n) is 9.92. The molecule has 0 spiro atoms. The number of benzene rings is 1. The summed E-state index contributed by atoms with van der Waals surface area (Å²) >= 11 is 2.46. The average Bonchev–Trinajstić information content (AvgIpc) is 3.46. The maximum atomic E-state index is 12.3. The fraction of sp³-hybridized carbons (Fsp3) is 0.190. The second kappa shape index (κ2) is 10.2. The van der Waals surface area contributed by atoms with Crippen LogP contribution in [-0.4, -0.2) is 37.3 Å². The number of anilines is 1. The van der Waals surface area contributed by atoms with Crippen molar-refractivity contribution < 1.29 is 14.3 Å². The average molecular weight is 496 g/mol. The molecule has 11 nitrogen and oxygen atoms in total. The van der Waals surface area contributed by atoms with Gasteiger partial charge in [-0.15, -0.1) is 10.2 Å². The molecule has 1 N–H and O–H groups in total. The molecule has 1 amide bonds. The molecule has 0 fully saturated rings. The third-order valence-corrected chi connectivity index (χ3v) is 5.73. The lowest BCUT2D eigenvalue weighted by Gasteiger charge is -2.12. The number of carbonyl (C=O) groups excluding carboxylic acids is 1. The van der Waals surface area contributed by atoms with E-state index in [4.69, 9.17) is 9.47 Å². The molecule has 0 saturated carbocycles. The Bertz CT molecular complexity index is 1470. The van der Waals surface area contributed by atoms with Crippen molar-refractivity contribution in [2.24, 2.45) is 0 Å². The number of rotatable bonds is 8. The van der Waals surface area contributed by atoms with Crippen LogP contribution < -0.4 is 20.3 Å². The van der Waals surface area contributed by atoms with Crippen molar-refractivity contribution in [2.45, 2.75) is 20.5 Å². The molecule has 0 atom stereocenters. The number of carbonyl (C=O) groups is 1. The number of aryl methyl sites for hydroxylation is 1. The van der Waals surface area contributed by atoms with Gasteiger partial charge in [-0.25, -0.2) is 4.98 Å². The van der Waals surface area contributed by atoms with Gasteiger partial charge in [0, 0.05) is 6.07 Å². The van der Waals surface area contributed by atoms with E-state index in [0.29, 0.717) is 39.5 Å². The third kappa shape index (κ3) is 5.25. The van der Waals surface area contributed by atoms with Gasteiger partial charge in [0.15, 0.2) is 11.5 Å². The van der Waals surface area contributed by atoms with Gasteiger partial charge < -0.3 is 9.47 Å². The van der Waals surface area contributed by atoms with E-state index < -0.39 is 5.91 Å². The Hall–Kier alpha value is -4.15. The fourth-order valence-electron chi connectivity index (χ4n) is 2.89. The lowest BCUT2D eigenvalue weighted by Crippen LogP contribution is -2.16. The number of hydrogen-bond donors (Lipinski definition) is 1. The van der Waals surface area contributed by atoms with E-state index in [-0.39, 0.29) is 17.7 Å². The Labute approximate surface area is 200 Å². The smallest absolute Gasteiger partial charge is 0.275 e. The summed E-state index contributed by atoms with van der Waals surface area (Å²) in [6.45, 7) is 4.05. The van der Waals surface area contributed by atoms with Gasteiger partial charge in [0.2, 0.25) is 10.1 Å². The van der Waals surface area contributed by atoms with Gasteiger partial charge in [-0.1, -0.05) is 28.7 Å². The number of amides is 1. The molecular formula is C21H17N7O4S2. The van der Waals surface area contributed by atoms with Crippen LogP contribution in [0.15, 0.2) is 40.1 Å². The van der Waals surface area contributed by atoms with Crippen molar-refractivity contribution in [3.8, 4) is 17.6 Å². The maximum Gasteiger partial charge on any atom is 0.275 e. The summed E-state index contributed by atoms with van der Waals surface area (Å²) in [5.74, 6) is 0.256. The van der Waals surface area contributed by atoms with Crippen molar-refractivity contribution in [1.29, 1.82) is 5.26 Å². The monoisotopic (exact) mass is 495 g/mol. The van der Waals surface area contributed by atoms with E-state index in [1.54, 1.807) is 25.1 Å². The molecule has 0 unspecified atom stereocenters. The van der Waals surface area contributed by atoms with Crippen molar-refractivity contribution in [1.82, 2.24) is 24.8 Å². The quantitative estimate of drug-likeness (QED) is 0.288. The molecule has 0 saturated heterocycles. The lowest BCUT2D eigenvalue weighted by molar-refractivity contribution is -0.112. The van der Waals surface area contributed by atoms with Gasteiger partial charge in [0.05, 0.1) is 12.3 Å². The van der Waals surface area contributed by atoms with E-state index in [1.165, 1.54) is 33.5 Å². The summed E-state index contributed by atoms with van der Waals surface area (Å²) in [7, 11) is 0. The van der Waals surface area contributed by atoms with E-state index >= 15 is 0 Å². The first kappa shape index (κ1) is 23.0. The number of ether oxygens (including phenoxy) is 2. The fourth-order valence-corrected chi connectivity index (χ4v) is 4.09. The summed E-state index contributed by atoms with van der Waals surface area (Å²) in [5, 5.41) is 24.5. The lowest BCUT2D eigenvalue weighted by atomic mass is 10.1. The second-order valence-corrected chi connectivity index (χ2v) is 8.69. The van der Waals surface area contributed by atoms with Crippen LogP contribution in [0.5, 0.6) is 11.5 Å². The van der Waals surface area contributed by atoms with E-state index in [9.17, 15) is 14.9 Å². The van der Waals surface area contributed by atoms with Crippen LogP contribution in [0, 0.1) is 18.3 Å². The zero-order valence-corrected chi connectivity index (χ0v) is 19.6. The number of nitrogens with zero attached hydrogens (tertiary/aromatic N) is 6. The number of fused-ring (bicyclic) bond motifs is 1. The van der Waals surface area contributed by atoms with Crippen molar-refractivity contribution in [3.05, 3.63) is 62.0 Å². The highest BCUT2D eigenvalue weighted by Gasteiger charge is 2.13. The number of nitriles is 1. The van der Waals surface area contributed by atoms with Crippen LogP contribution >= 0.6 is 22.7 Å². The number of hydrogen-bond acceptors (Lipinski definition) is 11. The van der Waals surface area contributed by atoms with Crippen LogP contribution in [0.25, 0.3) is 11.0 Å². The Morgan fingerprint density at radius 2 is 2.15 bits per heavy atom. The predicted octanol–water partition coefficient (Wildman–Crippen LogP) is 2.83. The second-order valence-electron chi connectivity index (χ2n) is 6.70. The molecule has 4 rings (SSSR count). The largest absolute Gasteiger partial charge is 0.490 e. The van der Waals surface area contributed by atoms with Gasteiger partial charge in [-0.2, -0.15) is 14.9 Å². The molecule has 0 aliphatic rings. The van der Waals surface area contributed by atoms with Crippen LogP contribution in [-0.2, 0) is 11.4 Å². The first-order valence-corrected chi connectivity index (χ1v) is 11.6. The van der Waals surface area contributed by atoms with E-state index in [0.717, 1.165) is 16.3 Å². The maximum absolute atomic E-state index is 12.3. The van der Waals surface area contributed by atoms with E-state index in [1.807, 2.05) is 13.0 Å². The molecule has 0 radical (unpaired) electrons. The van der Waals surface area contributed by atoms with Crippen LogP contribution in [0.2, 0.25) is 0 Å². The summed E-state index contributed by atoms with van der Waals surface area (Å²) in [6, 6.07) is 8.27. The van der Waals surface area contributed by atoms with Crippen molar-refractivity contribution in [3.63, 3.8) is 0 Å². The number of nitrogens with one attached hydrogen (secondary N) is 1. The molecular weight excluding hydrogens is 478 g/mol. The number of aromatic nitrogens is 5. The van der Waals surface area contributed by atoms with Gasteiger partial charge in [-0.05, 0) is 37.6 Å². The normalized spacial score (nSPS) is 11.3. The van der Waals surface area contributed by atoms with Gasteiger partial charge in [0.1, 0.15) is 28.8 Å². The molecule has 3 aromatic heterocycles. The van der Waals surface area contributed by atoms with Crippen molar-refractivity contribution in [2.75, 3.05) is 11.9 Å². The summed E-state index contributed by atoms with van der Waals surface area (Å²) in [5.41, 5.74) is 2.11. The summed E-state index contributed by atoms with van der Waals surface area (Å²) < 4.78 is 12.8. The first-order chi connectivity index (χ1) is 16.5. The topological polar surface area (TPSA) is 144 Å². The zero-order chi connectivity index (χ0) is 24.1. The molecule has 34 heavy (non-hydrogen) atoms. The minimum Gasteiger partial charge on any atom is -0.490 e. The van der Waals surface area contributed by atoms with Crippen LogP contribution in [0.3, 0.4) is 0 Å². The Balaban J connectivity index is 1.54. The van der Waals surface area contributed by atoms with Gasteiger partial charge in [-0.3, -0.25) is 14.9 Å². The van der Waals surface area contributed by atoms with Crippen LogP contribution in [0.4, 0.5) is 5.13 Å². The summed E-state index contributed by atoms with van der Waals surface area (Å²) in [6.07, 6.45) is 1.44.